The first-order valence-corrected chi connectivity index (χ1v) is 4.44. The molecular weight excluding hydrogens is 182 g/mol. The van der Waals surface area contributed by atoms with Crippen LogP contribution in [0.2, 0.25) is 0 Å². The van der Waals surface area contributed by atoms with E-state index in [0.29, 0.717) is 12.4 Å². The van der Waals surface area contributed by atoms with Crippen LogP contribution in [-0.2, 0) is 9.53 Å². The van der Waals surface area contributed by atoms with Gasteiger partial charge in [0.15, 0.2) is 6.61 Å². The Kier molecular flexibility index (Phi) is 3.91. The smallest absolute Gasteiger partial charge is 0.344 e. The lowest BCUT2D eigenvalue weighted by Gasteiger charge is -2.06. The molecule has 0 radical (unpaired) electrons. The summed E-state index contributed by atoms with van der Waals surface area (Å²) >= 11 is 0. The first-order chi connectivity index (χ1) is 6.74. The third-order valence-electron chi connectivity index (χ3n) is 1.61. The SMILES string of the molecule is CCOC(=O)COc1cccnc1C. The highest BCUT2D eigenvalue weighted by atomic mass is 16.6. The Bertz CT molecular complexity index is 312. The molecule has 0 spiro atoms. The van der Waals surface area contributed by atoms with Gasteiger partial charge in [0, 0.05) is 6.20 Å². The number of esters is 1. The van der Waals surface area contributed by atoms with E-state index in [-0.39, 0.29) is 12.6 Å². The van der Waals surface area contributed by atoms with Crippen molar-refractivity contribution >= 4 is 5.97 Å². The Morgan fingerprint density at radius 3 is 3.00 bits per heavy atom. The number of aryl methyl sites for hydroxylation is 1. The maximum atomic E-state index is 11.0. The van der Waals surface area contributed by atoms with Gasteiger partial charge in [0.05, 0.1) is 12.3 Å². The molecule has 1 aromatic rings. The molecule has 1 aromatic heterocycles. The van der Waals surface area contributed by atoms with Gasteiger partial charge in [-0.2, -0.15) is 0 Å². The van der Waals surface area contributed by atoms with Crippen LogP contribution in [-0.4, -0.2) is 24.2 Å². The molecule has 76 valence electrons. The summed E-state index contributed by atoms with van der Waals surface area (Å²) in [5.41, 5.74) is 0.761. The van der Waals surface area contributed by atoms with Crippen molar-refractivity contribution < 1.29 is 14.3 Å². The summed E-state index contributed by atoms with van der Waals surface area (Å²) in [4.78, 5) is 15.0. The van der Waals surface area contributed by atoms with Crippen LogP contribution in [0.1, 0.15) is 12.6 Å². The average Bonchev–Trinajstić information content (AvgIpc) is 2.17. The van der Waals surface area contributed by atoms with Crippen molar-refractivity contribution in [2.24, 2.45) is 0 Å². The molecule has 4 nitrogen and oxygen atoms in total. The fourth-order valence-electron chi connectivity index (χ4n) is 0.961. The predicted octanol–water partition coefficient (Wildman–Crippen LogP) is 1.33. The number of nitrogens with zero attached hydrogens (tertiary/aromatic N) is 1. The molecule has 0 unspecified atom stereocenters. The predicted molar refractivity (Wildman–Crippen MR) is 51.1 cm³/mol. The number of carbonyl (C=O) groups excluding carboxylic acids is 1. The van der Waals surface area contributed by atoms with Crippen LogP contribution in [0.4, 0.5) is 0 Å². The van der Waals surface area contributed by atoms with Crippen molar-refractivity contribution in [1.82, 2.24) is 4.98 Å². The van der Waals surface area contributed by atoms with Crippen molar-refractivity contribution in [1.29, 1.82) is 0 Å². The Morgan fingerprint density at radius 2 is 2.36 bits per heavy atom. The fraction of sp³-hybridized carbons (Fsp3) is 0.400. The van der Waals surface area contributed by atoms with Crippen LogP contribution >= 0.6 is 0 Å². The van der Waals surface area contributed by atoms with E-state index in [1.165, 1.54) is 0 Å². The zero-order valence-electron chi connectivity index (χ0n) is 8.32. The standard InChI is InChI=1S/C10H13NO3/c1-3-13-10(12)7-14-9-5-4-6-11-8(9)2/h4-6H,3,7H2,1-2H3. The van der Waals surface area contributed by atoms with E-state index >= 15 is 0 Å². The van der Waals surface area contributed by atoms with Crippen LogP contribution in [0.25, 0.3) is 0 Å². The number of pyridine rings is 1. The van der Waals surface area contributed by atoms with E-state index < -0.39 is 0 Å². The fourth-order valence-corrected chi connectivity index (χ4v) is 0.961. The number of rotatable bonds is 4. The molecule has 0 aliphatic carbocycles. The molecule has 14 heavy (non-hydrogen) atoms. The van der Waals surface area contributed by atoms with Crippen molar-refractivity contribution in [2.45, 2.75) is 13.8 Å². The normalized spacial score (nSPS) is 9.57. The first kappa shape index (κ1) is 10.5. The highest BCUT2D eigenvalue weighted by Crippen LogP contribution is 2.12. The van der Waals surface area contributed by atoms with Gasteiger partial charge >= 0.3 is 5.97 Å². The summed E-state index contributed by atoms with van der Waals surface area (Å²) in [7, 11) is 0. The number of ether oxygens (including phenoxy) is 2. The topological polar surface area (TPSA) is 48.4 Å². The summed E-state index contributed by atoms with van der Waals surface area (Å²) in [6.45, 7) is 3.88. The minimum absolute atomic E-state index is 0.0691. The maximum Gasteiger partial charge on any atom is 0.344 e. The van der Waals surface area contributed by atoms with Crippen molar-refractivity contribution in [3.8, 4) is 5.75 Å². The molecule has 0 aromatic carbocycles. The molecule has 0 aliphatic rings. The van der Waals surface area contributed by atoms with E-state index in [4.69, 9.17) is 9.47 Å². The van der Waals surface area contributed by atoms with Crippen LogP contribution in [0.15, 0.2) is 18.3 Å². The van der Waals surface area contributed by atoms with Crippen LogP contribution in [0.5, 0.6) is 5.75 Å². The largest absolute Gasteiger partial charge is 0.480 e. The van der Waals surface area contributed by atoms with Gasteiger partial charge in [-0.05, 0) is 26.0 Å². The average molecular weight is 195 g/mol. The molecule has 0 N–H and O–H groups in total. The van der Waals surface area contributed by atoms with E-state index in [1.54, 1.807) is 25.3 Å². The van der Waals surface area contributed by atoms with Gasteiger partial charge in [-0.1, -0.05) is 0 Å². The lowest BCUT2D eigenvalue weighted by Crippen LogP contribution is -2.15. The Hall–Kier alpha value is -1.58. The van der Waals surface area contributed by atoms with Crippen LogP contribution in [0.3, 0.4) is 0 Å². The number of carbonyl (C=O) groups is 1. The molecule has 4 heteroatoms. The van der Waals surface area contributed by atoms with Crippen molar-refractivity contribution in [3.05, 3.63) is 24.0 Å². The molecule has 1 heterocycles. The molecule has 0 atom stereocenters. The highest BCUT2D eigenvalue weighted by Gasteiger charge is 2.04. The summed E-state index contributed by atoms with van der Waals surface area (Å²) in [5, 5.41) is 0. The number of hydrogen-bond donors (Lipinski definition) is 0. The summed E-state index contributed by atoms with van der Waals surface area (Å²) in [5.74, 6) is 0.247. The van der Waals surface area contributed by atoms with Crippen molar-refractivity contribution in [2.75, 3.05) is 13.2 Å². The second-order valence-electron chi connectivity index (χ2n) is 2.68. The van der Waals surface area contributed by atoms with Gasteiger partial charge in [-0.25, -0.2) is 4.79 Å². The van der Waals surface area contributed by atoms with Gasteiger partial charge < -0.3 is 9.47 Å². The monoisotopic (exact) mass is 195 g/mol. The number of hydrogen-bond acceptors (Lipinski definition) is 4. The van der Waals surface area contributed by atoms with Crippen LogP contribution in [0, 0.1) is 6.92 Å². The second kappa shape index (κ2) is 5.21. The molecule has 0 aliphatic heterocycles. The first-order valence-electron chi connectivity index (χ1n) is 4.44. The molecule has 0 saturated heterocycles. The molecule has 0 amide bonds. The van der Waals surface area contributed by atoms with Crippen molar-refractivity contribution in [3.63, 3.8) is 0 Å². The zero-order chi connectivity index (χ0) is 10.4. The Balaban J connectivity index is 2.46. The van der Waals surface area contributed by atoms with Gasteiger partial charge in [0.2, 0.25) is 0 Å². The number of aromatic nitrogens is 1. The van der Waals surface area contributed by atoms with Gasteiger partial charge in [-0.3, -0.25) is 4.98 Å². The Labute approximate surface area is 82.9 Å². The lowest BCUT2D eigenvalue weighted by atomic mass is 10.3. The van der Waals surface area contributed by atoms with Crippen LogP contribution < -0.4 is 4.74 Å². The second-order valence-corrected chi connectivity index (χ2v) is 2.68. The van der Waals surface area contributed by atoms with E-state index in [0.717, 1.165) is 5.69 Å². The maximum absolute atomic E-state index is 11.0. The van der Waals surface area contributed by atoms with E-state index in [1.807, 2.05) is 6.92 Å². The molecule has 0 saturated carbocycles. The summed E-state index contributed by atoms with van der Waals surface area (Å²) in [6.07, 6.45) is 1.67. The minimum atomic E-state index is -0.365. The quantitative estimate of drug-likeness (QED) is 0.680. The molecule has 0 fully saturated rings. The minimum Gasteiger partial charge on any atom is -0.480 e. The zero-order valence-corrected chi connectivity index (χ0v) is 8.32. The third-order valence-corrected chi connectivity index (χ3v) is 1.61. The van der Waals surface area contributed by atoms with Gasteiger partial charge in [-0.15, -0.1) is 0 Å². The van der Waals surface area contributed by atoms with E-state index in [2.05, 4.69) is 4.98 Å². The highest BCUT2D eigenvalue weighted by molar-refractivity contribution is 5.71. The molecule has 1 rings (SSSR count). The van der Waals surface area contributed by atoms with Gasteiger partial charge in [0.25, 0.3) is 0 Å². The molecular formula is C10H13NO3. The Morgan fingerprint density at radius 1 is 1.57 bits per heavy atom. The van der Waals surface area contributed by atoms with E-state index in [9.17, 15) is 4.79 Å². The summed E-state index contributed by atoms with van der Waals surface area (Å²) < 4.78 is 9.93. The molecule has 0 bridgehead atoms. The lowest BCUT2D eigenvalue weighted by molar-refractivity contribution is -0.145. The third kappa shape index (κ3) is 3.05. The van der Waals surface area contributed by atoms with Gasteiger partial charge in [0.1, 0.15) is 5.75 Å². The summed E-state index contributed by atoms with van der Waals surface area (Å²) in [6, 6.07) is 3.52.